The number of aromatic nitrogens is 6. The molecule has 1 saturated carbocycles. The zero-order valence-corrected chi connectivity index (χ0v) is 18.3. The fourth-order valence-corrected chi connectivity index (χ4v) is 3.36. The van der Waals surface area contributed by atoms with E-state index in [9.17, 15) is 9.18 Å². The van der Waals surface area contributed by atoms with Gasteiger partial charge < -0.3 is 15.5 Å². The van der Waals surface area contributed by atoms with Crippen molar-refractivity contribution in [3.8, 4) is 11.3 Å². The maximum absolute atomic E-state index is 14.9. The number of carbonyl (C=O) groups excluding carboxylic acids is 1. The lowest BCUT2D eigenvalue weighted by atomic mass is 9.97. The normalized spacial score (nSPS) is 13.9. The molecule has 12 heteroatoms. The van der Waals surface area contributed by atoms with Gasteiger partial charge >= 0.3 is 12.0 Å². The minimum absolute atomic E-state index is 0.0260. The van der Waals surface area contributed by atoms with E-state index in [4.69, 9.17) is 10.2 Å². The molecule has 3 aromatic heterocycles. The first-order valence-corrected chi connectivity index (χ1v) is 10.4. The fraction of sp³-hybridized carbons (Fsp3) is 0.333. The number of benzene rings is 1. The van der Waals surface area contributed by atoms with Crippen molar-refractivity contribution < 1.29 is 13.6 Å². The first kappa shape index (κ1) is 20.8. The van der Waals surface area contributed by atoms with Gasteiger partial charge in [-0.1, -0.05) is 31.9 Å². The monoisotopic (exact) mass is 451 g/mol. The topological polar surface area (TPSA) is 150 Å². The molecule has 0 aliphatic heterocycles. The summed E-state index contributed by atoms with van der Waals surface area (Å²) in [6, 6.07) is 3.84. The van der Waals surface area contributed by atoms with E-state index in [0.29, 0.717) is 28.2 Å². The van der Waals surface area contributed by atoms with E-state index in [1.165, 1.54) is 18.5 Å². The molecule has 1 aliphatic rings. The Morgan fingerprint density at radius 1 is 1.21 bits per heavy atom. The molecule has 33 heavy (non-hydrogen) atoms. The summed E-state index contributed by atoms with van der Waals surface area (Å²) < 4.78 is 22.1. The molecule has 5 rings (SSSR count). The number of nitrogens with two attached hydrogens (primary N) is 1. The average Bonchev–Trinajstić information content (AvgIpc) is 3.34. The van der Waals surface area contributed by atoms with Gasteiger partial charge in [-0.25, -0.2) is 23.8 Å². The third-order valence-electron chi connectivity index (χ3n) is 5.19. The van der Waals surface area contributed by atoms with E-state index in [1.807, 2.05) is 25.5 Å². The smallest absolute Gasteiger partial charge is 0.327 e. The maximum Gasteiger partial charge on any atom is 0.327 e. The van der Waals surface area contributed by atoms with Crippen LogP contribution in [0.3, 0.4) is 0 Å². The van der Waals surface area contributed by atoms with Crippen molar-refractivity contribution in [2.75, 3.05) is 16.4 Å². The first-order valence-electron chi connectivity index (χ1n) is 10.4. The Bertz CT molecular complexity index is 1370. The lowest BCUT2D eigenvalue weighted by Crippen LogP contribution is -2.20. The van der Waals surface area contributed by atoms with Gasteiger partial charge in [0, 0.05) is 11.0 Å². The molecule has 3 heterocycles. The Labute approximate surface area is 187 Å². The van der Waals surface area contributed by atoms with Crippen molar-refractivity contribution in [2.24, 2.45) is 0 Å². The zero-order valence-electron chi connectivity index (χ0n) is 18.3. The summed E-state index contributed by atoms with van der Waals surface area (Å²) in [6.45, 7) is 5.70. The number of hydrogen-bond acceptors (Lipinski definition) is 8. The number of fused-ring (bicyclic) bond motifs is 1. The van der Waals surface area contributed by atoms with Crippen LogP contribution >= 0.6 is 0 Å². The summed E-state index contributed by atoms with van der Waals surface area (Å²) >= 11 is 0. The summed E-state index contributed by atoms with van der Waals surface area (Å²) in [4.78, 5) is 20.7. The Morgan fingerprint density at radius 3 is 2.67 bits per heavy atom. The number of rotatable bonds is 4. The van der Waals surface area contributed by atoms with Gasteiger partial charge in [0.25, 0.3) is 0 Å². The van der Waals surface area contributed by atoms with Crippen molar-refractivity contribution in [1.82, 2.24) is 29.9 Å². The van der Waals surface area contributed by atoms with Gasteiger partial charge in [-0.15, -0.1) is 5.10 Å². The highest BCUT2D eigenvalue weighted by molar-refractivity contribution is 6.00. The second kappa shape index (κ2) is 7.50. The number of halogens is 1. The van der Waals surface area contributed by atoms with Gasteiger partial charge in [-0.3, -0.25) is 5.32 Å². The van der Waals surface area contributed by atoms with Crippen LogP contribution in [0.15, 0.2) is 28.9 Å². The van der Waals surface area contributed by atoms with Gasteiger partial charge in [-0.2, -0.15) is 5.10 Å². The molecule has 1 aliphatic carbocycles. The lowest BCUT2D eigenvalue weighted by molar-refractivity contribution is 0.261. The highest BCUT2D eigenvalue weighted by atomic mass is 19.1. The number of hydrogen-bond donors (Lipinski definition) is 3. The number of anilines is 3. The van der Waals surface area contributed by atoms with Gasteiger partial charge in [0.15, 0.2) is 5.65 Å². The van der Waals surface area contributed by atoms with Crippen LogP contribution in [0.25, 0.3) is 22.3 Å². The predicted octanol–water partition coefficient (Wildman–Crippen LogP) is 3.87. The third kappa shape index (κ3) is 3.95. The molecule has 11 nitrogen and oxygen atoms in total. The zero-order chi connectivity index (χ0) is 23.3. The molecule has 0 saturated heterocycles. The Kier molecular flexibility index (Phi) is 4.73. The highest BCUT2D eigenvalue weighted by Crippen LogP contribution is 2.40. The molecule has 4 aromatic rings. The number of nitrogen functional groups attached to an aromatic ring is 1. The van der Waals surface area contributed by atoms with E-state index in [0.717, 1.165) is 12.8 Å². The van der Waals surface area contributed by atoms with Crippen molar-refractivity contribution in [2.45, 2.75) is 45.1 Å². The van der Waals surface area contributed by atoms with Gasteiger partial charge in [0.05, 0.1) is 17.1 Å². The van der Waals surface area contributed by atoms with E-state index < -0.39 is 11.8 Å². The molecular weight excluding hydrogens is 429 g/mol. The minimum atomic E-state index is -0.716. The van der Waals surface area contributed by atoms with Crippen LogP contribution in [0.1, 0.15) is 45.5 Å². The molecular formula is C21H22FN9O2. The largest absolute Gasteiger partial charge is 0.407 e. The number of amides is 2. The van der Waals surface area contributed by atoms with Crippen LogP contribution in [-0.2, 0) is 5.41 Å². The van der Waals surface area contributed by atoms with Crippen LogP contribution in [0, 0.1) is 5.82 Å². The third-order valence-corrected chi connectivity index (χ3v) is 5.19. The number of urea groups is 1. The van der Waals surface area contributed by atoms with Crippen molar-refractivity contribution in [3.63, 3.8) is 0 Å². The standard InChI is InChI=1S/C21H22FN9O2/c1-21(2,3)18-28-29-20(33-18)27-19(32)26-13-7-4-10(8-12(13)22)15-14-16(23)24-9-25-17(14)31(30-15)11-5-6-11/h4,7-9,11H,5-6H2,1-3H3,(H2,23,24,25)(H2,26,27,29,32). The average molecular weight is 451 g/mol. The van der Waals surface area contributed by atoms with Gasteiger partial charge in [0.2, 0.25) is 5.89 Å². The molecule has 0 radical (unpaired) electrons. The molecule has 0 bridgehead atoms. The SMILES string of the molecule is CC(C)(C)c1nnc(NC(=O)Nc2ccc(-c3nn(C4CC4)c4ncnc(N)c34)cc2F)o1. The second-order valence-corrected chi connectivity index (χ2v) is 8.92. The summed E-state index contributed by atoms with van der Waals surface area (Å²) in [7, 11) is 0. The molecule has 170 valence electrons. The quantitative estimate of drug-likeness (QED) is 0.423. The lowest BCUT2D eigenvalue weighted by Gasteiger charge is -2.11. The van der Waals surface area contributed by atoms with E-state index in [1.54, 1.807) is 6.07 Å². The predicted molar refractivity (Wildman–Crippen MR) is 119 cm³/mol. The van der Waals surface area contributed by atoms with Crippen molar-refractivity contribution in [3.05, 3.63) is 36.2 Å². The Morgan fingerprint density at radius 2 is 2.00 bits per heavy atom. The molecule has 0 spiro atoms. The van der Waals surface area contributed by atoms with Crippen molar-refractivity contribution in [1.29, 1.82) is 0 Å². The molecule has 2 amide bonds. The molecule has 4 N–H and O–H groups in total. The summed E-state index contributed by atoms with van der Waals surface area (Å²) in [5, 5.41) is 17.7. The minimum Gasteiger partial charge on any atom is -0.407 e. The number of carbonyl (C=O) groups is 1. The highest BCUT2D eigenvalue weighted by Gasteiger charge is 2.29. The van der Waals surface area contributed by atoms with Crippen molar-refractivity contribution >= 4 is 34.6 Å². The van der Waals surface area contributed by atoms with Crippen LogP contribution in [0.2, 0.25) is 0 Å². The summed E-state index contributed by atoms with van der Waals surface area (Å²) in [5.74, 6) is 0.000575. The van der Waals surface area contributed by atoms with Crippen LogP contribution in [-0.4, -0.2) is 36.0 Å². The Hall–Kier alpha value is -4.09. The van der Waals surface area contributed by atoms with E-state index in [2.05, 4.69) is 35.9 Å². The molecule has 1 fully saturated rings. The Balaban J connectivity index is 1.38. The van der Waals surface area contributed by atoms with Crippen LogP contribution in [0.4, 0.5) is 26.7 Å². The second-order valence-electron chi connectivity index (χ2n) is 8.92. The molecule has 0 atom stereocenters. The van der Waals surface area contributed by atoms with Gasteiger partial charge in [-0.05, 0) is 25.0 Å². The van der Waals surface area contributed by atoms with Crippen LogP contribution < -0.4 is 16.4 Å². The van der Waals surface area contributed by atoms with E-state index >= 15 is 0 Å². The van der Waals surface area contributed by atoms with Crippen LogP contribution in [0.5, 0.6) is 0 Å². The fourth-order valence-electron chi connectivity index (χ4n) is 3.36. The molecule has 1 aromatic carbocycles. The number of nitrogens with zero attached hydrogens (tertiary/aromatic N) is 6. The summed E-state index contributed by atoms with van der Waals surface area (Å²) in [6.07, 6.45) is 3.40. The van der Waals surface area contributed by atoms with E-state index in [-0.39, 0.29) is 29.0 Å². The first-order chi connectivity index (χ1) is 15.7. The molecule has 0 unspecified atom stereocenters. The maximum atomic E-state index is 14.9. The summed E-state index contributed by atoms with van der Waals surface area (Å²) in [5.41, 5.74) is 7.30. The number of nitrogens with one attached hydrogen (secondary N) is 2. The van der Waals surface area contributed by atoms with Gasteiger partial charge in [0.1, 0.15) is 23.7 Å².